The second-order valence-corrected chi connectivity index (χ2v) is 2.42. The standard InChI is InChI=1S/C8H5N2O2/c11-10(12)7-2-1-6-3-4-9-8(6)5-7/h1-2,4-5,9H. The Bertz CT molecular complexity index is 433. The molecule has 0 amide bonds. The highest BCUT2D eigenvalue weighted by atomic mass is 16.6. The van der Waals surface area contributed by atoms with Crippen LogP contribution in [0.15, 0.2) is 24.4 Å². The molecule has 2 rings (SSSR count). The number of nitro benzene ring substituents is 1. The maximum Gasteiger partial charge on any atom is 0.271 e. The van der Waals surface area contributed by atoms with Crippen LogP contribution in [0, 0.1) is 16.2 Å². The molecule has 1 aromatic carbocycles. The van der Waals surface area contributed by atoms with E-state index in [1.54, 1.807) is 12.3 Å². The molecule has 0 unspecified atom stereocenters. The maximum atomic E-state index is 10.3. The minimum Gasteiger partial charge on any atom is -0.360 e. The van der Waals surface area contributed by atoms with E-state index in [9.17, 15) is 10.1 Å². The fourth-order valence-electron chi connectivity index (χ4n) is 1.08. The highest BCUT2D eigenvalue weighted by Crippen LogP contribution is 2.18. The second kappa shape index (κ2) is 2.34. The van der Waals surface area contributed by atoms with Gasteiger partial charge in [-0.1, -0.05) is 0 Å². The van der Waals surface area contributed by atoms with Crippen molar-refractivity contribution in [2.75, 3.05) is 0 Å². The summed E-state index contributed by atoms with van der Waals surface area (Å²) in [4.78, 5) is 12.8. The lowest BCUT2D eigenvalue weighted by atomic mass is 10.2. The number of hydrogen-bond donors (Lipinski definition) is 1. The van der Waals surface area contributed by atoms with Crippen molar-refractivity contribution in [1.29, 1.82) is 0 Å². The van der Waals surface area contributed by atoms with E-state index in [-0.39, 0.29) is 5.69 Å². The summed E-state index contributed by atoms with van der Waals surface area (Å²) in [5.41, 5.74) is 0.836. The monoisotopic (exact) mass is 161 g/mol. The molecule has 1 aromatic heterocycles. The van der Waals surface area contributed by atoms with Crippen LogP contribution in [0.1, 0.15) is 0 Å². The van der Waals surface area contributed by atoms with E-state index in [0.717, 1.165) is 10.9 Å². The first-order chi connectivity index (χ1) is 5.77. The van der Waals surface area contributed by atoms with E-state index in [1.165, 1.54) is 12.1 Å². The number of nitro groups is 1. The molecule has 4 nitrogen and oxygen atoms in total. The first-order valence-electron chi connectivity index (χ1n) is 3.40. The molecule has 0 spiro atoms. The number of fused-ring (bicyclic) bond motifs is 1. The zero-order chi connectivity index (χ0) is 8.55. The molecule has 1 N–H and O–H groups in total. The molecule has 59 valence electrons. The Hall–Kier alpha value is -1.84. The van der Waals surface area contributed by atoms with Gasteiger partial charge in [-0.2, -0.15) is 0 Å². The van der Waals surface area contributed by atoms with E-state index in [2.05, 4.69) is 11.1 Å². The summed E-state index contributed by atoms with van der Waals surface area (Å²) in [6.45, 7) is 0. The average Bonchev–Trinajstić information content (AvgIpc) is 2.49. The van der Waals surface area contributed by atoms with E-state index in [0.29, 0.717) is 0 Å². The SMILES string of the molecule is O=[N+]([O-])c1ccc2[c]c[nH]c2c1. The van der Waals surface area contributed by atoms with Crippen molar-refractivity contribution in [3.05, 3.63) is 40.6 Å². The maximum absolute atomic E-state index is 10.3. The Morgan fingerprint density at radius 1 is 1.50 bits per heavy atom. The highest BCUT2D eigenvalue weighted by Gasteiger charge is 2.05. The molecule has 0 aliphatic carbocycles. The Kier molecular flexibility index (Phi) is 1.33. The van der Waals surface area contributed by atoms with Crippen LogP contribution in [-0.4, -0.2) is 9.91 Å². The quantitative estimate of drug-likeness (QED) is 0.512. The molecule has 0 atom stereocenters. The number of benzene rings is 1. The second-order valence-electron chi connectivity index (χ2n) is 2.42. The van der Waals surface area contributed by atoms with Gasteiger partial charge in [0.15, 0.2) is 0 Å². The number of aromatic amines is 1. The molecular formula is C8H5N2O2. The van der Waals surface area contributed by atoms with Crippen LogP contribution in [0.2, 0.25) is 0 Å². The fourth-order valence-corrected chi connectivity index (χ4v) is 1.08. The number of non-ortho nitro benzene ring substituents is 1. The van der Waals surface area contributed by atoms with Crippen LogP contribution in [0.5, 0.6) is 0 Å². The summed E-state index contributed by atoms with van der Waals surface area (Å²) in [5, 5.41) is 11.2. The van der Waals surface area contributed by atoms with Gasteiger partial charge in [-0.25, -0.2) is 0 Å². The van der Waals surface area contributed by atoms with E-state index in [1.807, 2.05) is 0 Å². The Morgan fingerprint density at radius 3 is 3.08 bits per heavy atom. The summed E-state index contributed by atoms with van der Waals surface area (Å²) in [6.07, 6.45) is 1.63. The van der Waals surface area contributed by atoms with Crippen LogP contribution < -0.4 is 0 Å². The van der Waals surface area contributed by atoms with Crippen molar-refractivity contribution in [1.82, 2.24) is 4.98 Å². The molecule has 1 heterocycles. The van der Waals surface area contributed by atoms with Gasteiger partial charge in [-0.05, 0) is 6.07 Å². The van der Waals surface area contributed by atoms with E-state index in [4.69, 9.17) is 0 Å². The van der Waals surface area contributed by atoms with Gasteiger partial charge in [0.05, 0.1) is 10.4 Å². The van der Waals surface area contributed by atoms with Crippen LogP contribution in [-0.2, 0) is 0 Å². The normalized spacial score (nSPS) is 10.3. The van der Waals surface area contributed by atoms with Crippen LogP contribution in [0.25, 0.3) is 10.9 Å². The van der Waals surface area contributed by atoms with E-state index >= 15 is 0 Å². The Labute approximate surface area is 68.0 Å². The molecule has 0 saturated heterocycles. The molecule has 0 aliphatic heterocycles. The molecule has 0 saturated carbocycles. The van der Waals surface area contributed by atoms with Crippen LogP contribution >= 0.6 is 0 Å². The van der Waals surface area contributed by atoms with Gasteiger partial charge in [-0.15, -0.1) is 0 Å². The lowest BCUT2D eigenvalue weighted by Gasteiger charge is -1.90. The summed E-state index contributed by atoms with van der Waals surface area (Å²) < 4.78 is 0. The minimum atomic E-state index is -0.416. The van der Waals surface area contributed by atoms with Crippen molar-refractivity contribution in [3.63, 3.8) is 0 Å². The highest BCUT2D eigenvalue weighted by molar-refractivity contribution is 5.80. The van der Waals surface area contributed by atoms with Gasteiger partial charge >= 0.3 is 0 Å². The average molecular weight is 161 g/mol. The molecule has 1 radical (unpaired) electrons. The lowest BCUT2D eigenvalue weighted by molar-refractivity contribution is -0.384. The number of rotatable bonds is 1. The third kappa shape index (κ3) is 0.934. The molecule has 0 fully saturated rings. The number of nitrogens with zero attached hydrogens (tertiary/aromatic N) is 1. The summed E-state index contributed by atoms with van der Waals surface area (Å²) in [5.74, 6) is 0. The van der Waals surface area contributed by atoms with Crippen molar-refractivity contribution >= 4 is 16.6 Å². The number of nitrogens with one attached hydrogen (secondary N) is 1. The molecule has 0 bridgehead atoms. The van der Waals surface area contributed by atoms with Crippen molar-refractivity contribution in [2.24, 2.45) is 0 Å². The minimum absolute atomic E-state index is 0.0957. The third-order valence-corrected chi connectivity index (χ3v) is 1.67. The summed E-state index contributed by atoms with van der Waals surface area (Å²) in [7, 11) is 0. The lowest BCUT2D eigenvalue weighted by Crippen LogP contribution is -1.86. The topological polar surface area (TPSA) is 58.9 Å². The van der Waals surface area contributed by atoms with Crippen molar-refractivity contribution in [3.8, 4) is 0 Å². The summed E-state index contributed by atoms with van der Waals surface area (Å²) in [6, 6.07) is 7.53. The van der Waals surface area contributed by atoms with E-state index < -0.39 is 4.92 Å². The smallest absolute Gasteiger partial charge is 0.271 e. The molecule has 12 heavy (non-hydrogen) atoms. The first-order valence-corrected chi connectivity index (χ1v) is 3.40. The summed E-state index contributed by atoms with van der Waals surface area (Å²) >= 11 is 0. The predicted molar refractivity (Wildman–Crippen MR) is 43.8 cm³/mol. The van der Waals surface area contributed by atoms with Gasteiger partial charge in [0.1, 0.15) is 0 Å². The van der Waals surface area contributed by atoms with Gasteiger partial charge in [-0.3, -0.25) is 10.1 Å². The zero-order valence-corrected chi connectivity index (χ0v) is 6.07. The van der Waals surface area contributed by atoms with Crippen molar-refractivity contribution < 1.29 is 4.92 Å². The van der Waals surface area contributed by atoms with Gasteiger partial charge in [0.25, 0.3) is 5.69 Å². The Morgan fingerprint density at radius 2 is 2.33 bits per heavy atom. The first kappa shape index (κ1) is 6.84. The largest absolute Gasteiger partial charge is 0.360 e. The van der Waals surface area contributed by atoms with Crippen LogP contribution in [0.4, 0.5) is 5.69 Å². The van der Waals surface area contributed by atoms with Gasteiger partial charge in [0.2, 0.25) is 0 Å². The molecule has 0 aliphatic rings. The van der Waals surface area contributed by atoms with Crippen molar-refractivity contribution in [2.45, 2.75) is 0 Å². The third-order valence-electron chi connectivity index (χ3n) is 1.67. The Balaban J connectivity index is 2.68. The van der Waals surface area contributed by atoms with Gasteiger partial charge < -0.3 is 4.98 Å². The number of hydrogen-bond acceptors (Lipinski definition) is 2. The zero-order valence-electron chi connectivity index (χ0n) is 6.07. The molecule has 4 heteroatoms. The predicted octanol–water partition coefficient (Wildman–Crippen LogP) is 1.88. The molecule has 2 aromatic rings. The van der Waals surface area contributed by atoms with Gasteiger partial charge in [0, 0.05) is 29.8 Å². The number of H-pyrrole nitrogens is 1. The molecular weight excluding hydrogens is 156 g/mol. The fraction of sp³-hybridized carbons (Fsp3) is 0. The van der Waals surface area contributed by atoms with Crippen LogP contribution in [0.3, 0.4) is 0 Å². The number of aromatic nitrogens is 1.